The number of alkyl halides is 3. The van der Waals surface area contributed by atoms with Crippen molar-refractivity contribution in [3.63, 3.8) is 0 Å². The minimum absolute atomic E-state index is 0.434. The first-order valence-electron chi connectivity index (χ1n) is 9.24. The number of ether oxygens (including phenoxy) is 1. The second-order valence-electron chi connectivity index (χ2n) is 9.11. The number of methoxy groups -OCH3 is 1. The van der Waals surface area contributed by atoms with Gasteiger partial charge in [-0.2, -0.15) is 13.2 Å². The molecule has 1 fully saturated rings. The summed E-state index contributed by atoms with van der Waals surface area (Å²) in [5.74, 6) is -2.82. The molecular weight excluding hydrogens is 395 g/mol. The summed E-state index contributed by atoms with van der Waals surface area (Å²) in [6, 6.07) is -1.39. The number of carbonyl (C=O) groups is 2. The van der Waals surface area contributed by atoms with E-state index in [1.807, 2.05) is 19.6 Å². The molecule has 1 aliphatic carbocycles. The number of hydrogen-bond acceptors (Lipinski definition) is 4. The Hall–Kier alpha value is -0.876. The van der Waals surface area contributed by atoms with Crippen LogP contribution in [-0.4, -0.2) is 57.9 Å². The van der Waals surface area contributed by atoms with Gasteiger partial charge in [0.15, 0.2) is 22.6 Å². The maximum absolute atomic E-state index is 13.4. The van der Waals surface area contributed by atoms with E-state index in [0.717, 1.165) is 30.9 Å². The van der Waals surface area contributed by atoms with E-state index in [1.165, 1.54) is 0 Å². The van der Waals surface area contributed by atoms with Crippen LogP contribution < -0.4 is 0 Å². The second-order valence-corrected chi connectivity index (χ2v) is 18.4. The number of hydrogen-bond donors (Lipinski definition) is 0. The van der Waals surface area contributed by atoms with E-state index in [0.29, 0.717) is 12.8 Å². The van der Waals surface area contributed by atoms with Crippen LogP contribution in [0.1, 0.15) is 32.1 Å². The number of esters is 1. The van der Waals surface area contributed by atoms with Crippen molar-refractivity contribution in [2.45, 2.75) is 89.2 Å². The van der Waals surface area contributed by atoms with Gasteiger partial charge in [0.25, 0.3) is 0 Å². The van der Waals surface area contributed by atoms with E-state index in [-0.39, 0.29) is 0 Å². The number of rotatable bonds is 6. The summed E-state index contributed by atoms with van der Waals surface area (Å²) < 4.78 is 52.4. The average Bonchev–Trinajstić information content (AvgIpc) is 2.48. The van der Waals surface area contributed by atoms with Gasteiger partial charge in [0.05, 0.1) is 12.7 Å². The monoisotopic (exact) mass is 427 g/mol. The maximum Gasteiger partial charge on any atom is 0.470 e. The van der Waals surface area contributed by atoms with E-state index in [9.17, 15) is 22.8 Å². The number of amides is 1. The number of halogens is 3. The third kappa shape index (κ3) is 6.05. The molecule has 1 atom stereocenters. The summed E-state index contributed by atoms with van der Waals surface area (Å²) in [4.78, 5) is 25.2. The molecule has 27 heavy (non-hydrogen) atoms. The average molecular weight is 428 g/mol. The smallest absolute Gasteiger partial charge is 0.467 e. The van der Waals surface area contributed by atoms with Gasteiger partial charge in [-0.3, -0.25) is 4.79 Å². The lowest BCUT2D eigenvalue weighted by Crippen LogP contribution is -2.70. The third-order valence-electron chi connectivity index (χ3n) is 4.57. The molecule has 0 radical (unpaired) electrons. The third-order valence-corrected chi connectivity index (χ3v) is 7.50. The Labute approximate surface area is 161 Å². The van der Waals surface area contributed by atoms with Crippen LogP contribution in [0.5, 0.6) is 0 Å². The van der Waals surface area contributed by atoms with Gasteiger partial charge in [-0.25, -0.2) is 4.79 Å². The van der Waals surface area contributed by atoms with Crippen molar-refractivity contribution >= 4 is 28.4 Å². The van der Waals surface area contributed by atoms with Crippen LogP contribution in [0.25, 0.3) is 0 Å². The van der Waals surface area contributed by atoms with Crippen molar-refractivity contribution in [1.82, 2.24) is 4.57 Å². The molecule has 1 rings (SSSR count). The zero-order valence-electron chi connectivity index (χ0n) is 17.3. The van der Waals surface area contributed by atoms with Crippen molar-refractivity contribution in [3.05, 3.63) is 0 Å². The van der Waals surface area contributed by atoms with Gasteiger partial charge in [0.2, 0.25) is 0 Å². The SMILES string of the molecule is COC(=O)C(N(C(=O)C(F)(F)F)[Si](C)(C)C)C1(O[Si](C)(C)C)CCCCC1. The highest BCUT2D eigenvalue weighted by molar-refractivity contribution is 6.76. The van der Waals surface area contributed by atoms with Crippen LogP contribution in [0.15, 0.2) is 0 Å². The Morgan fingerprint density at radius 3 is 1.81 bits per heavy atom. The zero-order valence-corrected chi connectivity index (χ0v) is 19.3. The van der Waals surface area contributed by atoms with Gasteiger partial charge in [-0.15, -0.1) is 0 Å². The summed E-state index contributed by atoms with van der Waals surface area (Å²) in [6.45, 7) is 10.7. The van der Waals surface area contributed by atoms with Crippen LogP contribution in [0.3, 0.4) is 0 Å². The van der Waals surface area contributed by atoms with Gasteiger partial charge in [0, 0.05) is 0 Å². The molecule has 158 valence electrons. The van der Waals surface area contributed by atoms with Crippen molar-refractivity contribution in [2.24, 2.45) is 0 Å². The fraction of sp³-hybridized carbons (Fsp3) is 0.882. The van der Waals surface area contributed by atoms with Crippen LogP contribution in [-0.2, 0) is 18.8 Å². The van der Waals surface area contributed by atoms with Crippen molar-refractivity contribution in [3.8, 4) is 0 Å². The van der Waals surface area contributed by atoms with Crippen molar-refractivity contribution < 1.29 is 31.9 Å². The van der Waals surface area contributed by atoms with E-state index in [2.05, 4.69) is 0 Å². The Morgan fingerprint density at radius 1 is 1.00 bits per heavy atom. The summed E-state index contributed by atoms with van der Waals surface area (Å²) >= 11 is 0. The van der Waals surface area contributed by atoms with Gasteiger partial charge >= 0.3 is 18.1 Å². The minimum atomic E-state index is -5.07. The highest BCUT2D eigenvalue weighted by Gasteiger charge is 2.58. The lowest BCUT2D eigenvalue weighted by Gasteiger charge is -2.52. The molecule has 1 saturated carbocycles. The summed E-state index contributed by atoms with van der Waals surface area (Å²) in [6.07, 6.45) is -1.81. The first kappa shape index (κ1) is 24.2. The largest absolute Gasteiger partial charge is 0.470 e. The number of nitrogens with zero attached hydrogens (tertiary/aromatic N) is 1. The van der Waals surface area contributed by atoms with Crippen LogP contribution in [0.4, 0.5) is 13.2 Å². The molecule has 0 saturated heterocycles. The lowest BCUT2D eigenvalue weighted by atomic mass is 9.79. The fourth-order valence-corrected chi connectivity index (χ4v) is 7.19. The first-order valence-corrected chi connectivity index (χ1v) is 16.1. The van der Waals surface area contributed by atoms with Gasteiger partial charge in [0.1, 0.15) is 0 Å². The standard InChI is InChI=1S/C17H32F3NO4Si2/c1-24-14(22)13(21(26(2,3)4)15(23)17(18,19)20)16(25-27(5,6)7)11-9-8-10-12-16/h13H,8-12H2,1-7H3. The summed E-state index contributed by atoms with van der Waals surface area (Å²) in [5.41, 5.74) is -1.14. The number of carbonyl (C=O) groups excluding carboxylic acids is 2. The molecule has 10 heteroatoms. The van der Waals surface area contributed by atoms with Gasteiger partial charge in [-0.05, 0) is 32.5 Å². The van der Waals surface area contributed by atoms with Crippen molar-refractivity contribution in [2.75, 3.05) is 7.11 Å². The molecule has 0 bridgehead atoms. The summed E-state index contributed by atoms with van der Waals surface area (Å²) in [7, 11) is -4.01. The van der Waals surface area contributed by atoms with Gasteiger partial charge < -0.3 is 13.7 Å². The highest BCUT2D eigenvalue weighted by Crippen LogP contribution is 2.42. The molecule has 0 aromatic rings. The second kappa shape index (κ2) is 8.24. The van der Waals surface area contributed by atoms with E-state index < -0.39 is 46.2 Å². The zero-order chi connectivity index (χ0) is 21.3. The molecule has 0 spiro atoms. The Bertz CT molecular complexity index is 550. The lowest BCUT2D eigenvalue weighted by molar-refractivity contribution is -0.190. The molecule has 1 unspecified atom stereocenters. The molecular formula is C17H32F3NO4Si2. The molecule has 0 N–H and O–H groups in total. The molecule has 0 aromatic carbocycles. The molecule has 1 aliphatic rings. The van der Waals surface area contributed by atoms with E-state index >= 15 is 0 Å². The van der Waals surface area contributed by atoms with Crippen molar-refractivity contribution in [1.29, 1.82) is 0 Å². The normalized spacial score (nSPS) is 19.3. The topological polar surface area (TPSA) is 55.8 Å². The van der Waals surface area contributed by atoms with E-state index in [4.69, 9.17) is 9.16 Å². The summed E-state index contributed by atoms with van der Waals surface area (Å²) in [5, 5.41) is 0. The quantitative estimate of drug-likeness (QED) is 0.468. The first-order chi connectivity index (χ1) is 12.1. The van der Waals surface area contributed by atoms with Crippen LogP contribution >= 0.6 is 0 Å². The van der Waals surface area contributed by atoms with Crippen LogP contribution in [0, 0.1) is 0 Å². The Balaban J connectivity index is 3.62. The predicted octanol–water partition coefficient (Wildman–Crippen LogP) is 4.31. The molecule has 0 aromatic heterocycles. The maximum atomic E-state index is 13.4. The van der Waals surface area contributed by atoms with Gasteiger partial charge in [-0.1, -0.05) is 38.9 Å². The molecule has 0 aliphatic heterocycles. The highest BCUT2D eigenvalue weighted by atomic mass is 28.4. The van der Waals surface area contributed by atoms with E-state index in [1.54, 1.807) is 19.6 Å². The fourth-order valence-electron chi connectivity index (χ4n) is 3.80. The molecule has 5 nitrogen and oxygen atoms in total. The Morgan fingerprint density at radius 2 is 1.48 bits per heavy atom. The molecule has 1 amide bonds. The predicted molar refractivity (Wildman–Crippen MR) is 102 cm³/mol. The molecule has 0 heterocycles. The minimum Gasteiger partial charge on any atom is -0.467 e. The van der Waals surface area contributed by atoms with Crippen LogP contribution in [0.2, 0.25) is 39.3 Å². The Kier molecular flexibility index (Phi) is 7.37.